The molecular weight excluding hydrogens is 270 g/mol. The van der Waals surface area contributed by atoms with Crippen LogP contribution in [0.4, 0.5) is 5.69 Å². The monoisotopic (exact) mass is 289 g/mol. The van der Waals surface area contributed by atoms with Crippen molar-refractivity contribution in [3.8, 4) is 6.07 Å². The van der Waals surface area contributed by atoms with E-state index >= 15 is 0 Å². The fraction of sp³-hybridized carbons (Fsp3) is 0.562. The van der Waals surface area contributed by atoms with Crippen molar-refractivity contribution >= 4 is 17.3 Å². The molecule has 20 heavy (non-hydrogen) atoms. The van der Waals surface area contributed by atoms with Gasteiger partial charge in [-0.25, -0.2) is 0 Å². The van der Waals surface area contributed by atoms with Crippen LogP contribution in [0.5, 0.6) is 0 Å². The maximum absolute atomic E-state index is 9.14. The van der Waals surface area contributed by atoms with Gasteiger partial charge in [0.25, 0.3) is 0 Å². The molecule has 2 heterocycles. The molecule has 2 aliphatic rings. The Hall–Kier alpha value is -1.24. The first-order valence-electron chi connectivity index (χ1n) is 7.33. The molecule has 0 amide bonds. The first-order valence-corrected chi connectivity index (χ1v) is 7.70. The molecule has 1 aromatic rings. The number of anilines is 1. The molecule has 0 radical (unpaired) electrons. The highest BCUT2D eigenvalue weighted by atomic mass is 35.5. The largest absolute Gasteiger partial charge is 0.384 e. The molecule has 1 N–H and O–H groups in total. The summed E-state index contributed by atoms with van der Waals surface area (Å²) in [5.74, 6) is 0.703. The van der Waals surface area contributed by atoms with Gasteiger partial charge in [0.05, 0.1) is 11.3 Å². The number of hydrogen-bond donors (Lipinski definition) is 1. The Balaban J connectivity index is 1.63. The molecule has 2 saturated heterocycles. The van der Waals surface area contributed by atoms with Gasteiger partial charge in [-0.2, -0.15) is 5.26 Å². The van der Waals surface area contributed by atoms with Gasteiger partial charge in [-0.3, -0.25) is 0 Å². The van der Waals surface area contributed by atoms with Gasteiger partial charge in [0.15, 0.2) is 0 Å². The fourth-order valence-corrected chi connectivity index (χ4v) is 3.88. The van der Waals surface area contributed by atoms with Gasteiger partial charge in [0.1, 0.15) is 6.07 Å². The van der Waals surface area contributed by atoms with Gasteiger partial charge in [0.2, 0.25) is 0 Å². The van der Waals surface area contributed by atoms with Crippen molar-refractivity contribution in [1.82, 2.24) is 4.90 Å². The molecule has 0 saturated carbocycles. The first-order chi connectivity index (χ1) is 9.67. The zero-order valence-corrected chi connectivity index (χ0v) is 12.5. The standard InChI is InChI=1S/C16H20ClN3/c1-20-14-4-5-15(20)7-11(6-14)10-19-16-8-13(17)3-2-12(16)9-18/h2-3,8,11,14-15,19H,4-7,10H2,1H3. The van der Waals surface area contributed by atoms with E-state index in [1.54, 1.807) is 12.1 Å². The molecule has 106 valence electrons. The van der Waals surface area contributed by atoms with Crippen LogP contribution in [0.3, 0.4) is 0 Å². The van der Waals surface area contributed by atoms with Crippen LogP contribution in [0, 0.1) is 17.2 Å². The van der Waals surface area contributed by atoms with Crippen molar-refractivity contribution in [1.29, 1.82) is 5.26 Å². The highest BCUT2D eigenvalue weighted by Gasteiger charge is 2.38. The highest BCUT2D eigenvalue weighted by Crippen LogP contribution is 2.37. The van der Waals surface area contributed by atoms with Crippen LogP contribution >= 0.6 is 11.6 Å². The van der Waals surface area contributed by atoms with Crippen molar-refractivity contribution < 1.29 is 0 Å². The minimum atomic E-state index is 0.672. The van der Waals surface area contributed by atoms with Crippen molar-refractivity contribution in [2.75, 3.05) is 18.9 Å². The maximum Gasteiger partial charge on any atom is 0.101 e. The predicted octanol–water partition coefficient (Wildman–Crippen LogP) is 3.50. The number of nitrogens with zero attached hydrogens (tertiary/aromatic N) is 2. The van der Waals surface area contributed by atoms with E-state index in [1.165, 1.54) is 25.7 Å². The van der Waals surface area contributed by atoms with Gasteiger partial charge in [-0.1, -0.05) is 11.6 Å². The Morgan fingerprint density at radius 3 is 2.70 bits per heavy atom. The molecule has 3 nitrogen and oxygen atoms in total. The molecule has 2 aliphatic heterocycles. The molecular formula is C16H20ClN3. The second-order valence-corrected chi connectivity index (χ2v) is 6.51. The zero-order valence-electron chi connectivity index (χ0n) is 11.8. The van der Waals surface area contributed by atoms with E-state index in [2.05, 4.69) is 23.3 Å². The van der Waals surface area contributed by atoms with Crippen LogP contribution in [0.1, 0.15) is 31.2 Å². The van der Waals surface area contributed by atoms with Crippen molar-refractivity contribution in [2.24, 2.45) is 5.92 Å². The van der Waals surface area contributed by atoms with E-state index in [-0.39, 0.29) is 0 Å². The average Bonchev–Trinajstić information content (AvgIpc) is 2.66. The lowest BCUT2D eigenvalue weighted by Crippen LogP contribution is -2.41. The predicted molar refractivity (Wildman–Crippen MR) is 82.0 cm³/mol. The lowest BCUT2D eigenvalue weighted by atomic mass is 9.91. The summed E-state index contributed by atoms with van der Waals surface area (Å²) < 4.78 is 0. The van der Waals surface area contributed by atoms with Gasteiger partial charge >= 0.3 is 0 Å². The number of fused-ring (bicyclic) bond motifs is 2. The van der Waals surface area contributed by atoms with E-state index in [9.17, 15) is 0 Å². The quantitative estimate of drug-likeness (QED) is 0.926. The Morgan fingerprint density at radius 2 is 2.05 bits per heavy atom. The Labute approximate surface area is 125 Å². The molecule has 3 rings (SSSR count). The Morgan fingerprint density at radius 1 is 1.35 bits per heavy atom. The van der Waals surface area contributed by atoms with E-state index in [1.807, 2.05) is 6.07 Å². The maximum atomic E-state index is 9.14. The van der Waals surface area contributed by atoms with Crippen LogP contribution in [-0.2, 0) is 0 Å². The summed E-state index contributed by atoms with van der Waals surface area (Å²) in [7, 11) is 2.26. The van der Waals surface area contributed by atoms with E-state index < -0.39 is 0 Å². The molecule has 0 aliphatic carbocycles. The summed E-state index contributed by atoms with van der Waals surface area (Å²) in [5, 5.41) is 13.2. The third kappa shape index (κ3) is 2.63. The molecule has 2 unspecified atom stereocenters. The fourth-order valence-electron chi connectivity index (χ4n) is 3.71. The average molecular weight is 290 g/mol. The summed E-state index contributed by atoms with van der Waals surface area (Å²) in [6.45, 7) is 0.940. The van der Waals surface area contributed by atoms with Gasteiger partial charge in [-0.15, -0.1) is 0 Å². The normalized spacial score (nSPS) is 29.1. The number of nitriles is 1. The minimum absolute atomic E-state index is 0.672. The second kappa shape index (κ2) is 5.63. The van der Waals surface area contributed by atoms with Gasteiger partial charge in [0, 0.05) is 23.7 Å². The van der Waals surface area contributed by atoms with Crippen LogP contribution < -0.4 is 5.32 Å². The SMILES string of the molecule is CN1C2CCC1CC(CNc1cc(Cl)ccc1C#N)C2. The number of piperidine rings is 1. The summed E-state index contributed by atoms with van der Waals surface area (Å²) >= 11 is 6.01. The number of halogens is 1. The van der Waals surface area contributed by atoms with E-state index in [0.717, 1.165) is 24.3 Å². The summed E-state index contributed by atoms with van der Waals surface area (Å²) in [6.07, 6.45) is 5.22. The number of hydrogen-bond acceptors (Lipinski definition) is 3. The highest BCUT2D eigenvalue weighted by molar-refractivity contribution is 6.30. The van der Waals surface area contributed by atoms with Crippen molar-refractivity contribution in [2.45, 2.75) is 37.8 Å². The van der Waals surface area contributed by atoms with Gasteiger partial charge < -0.3 is 10.2 Å². The third-order valence-corrected chi connectivity index (χ3v) is 5.11. The summed E-state index contributed by atoms with van der Waals surface area (Å²) in [4.78, 5) is 2.55. The number of nitrogens with one attached hydrogen (secondary N) is 1. The molecule has 4 heteroatoms. The third-order valence-electron chi connectivity index (χ3n) is 4.88. The minimum Gasteiger partial charge on any atom is -0.384 e. The lowest BCUT2D eigenvalue weighted by Gasteiger charge is -2.36. The van der Waals surface area contributed by atoms with E-state index in [0.29, 0.717) is 16.5 Å². The molecule has 1 aromatic carbocycles. The smallest absolute Gasteiger partial charge is 0.101 e. The second-order valence-electron chi connectivity index (χ2n) is 6.07. The number of rotatable bonds is 3. The summed E-state index contributed by atoms with van der Waals surface area (Å²) in [5.41, 5.74) is 1.54. The molecule has 2 bridgehead atoms. The molecule has 0 aromatic heterocycles. The van der Waals surface area contributed by atoms with Crippen LogP contribution in [0.2, 0.25) is 5.02 Å². The molecule has 2 atom stereocenters. The van der Waals surface area contributed by atoms with E-state index in [4.69, 9.17) is 16.9 Å². The molecule has 0 spiro atoms. The van der Waals surface area contributed by atoms with Crippen LogP contribution in [0.15, 0.2) is 18.2 Å². The number of benzene rings is 1. The zero-order chi connectivity index (χ0) is 14.1. The van der Waals surface area contributed by atoms with Crippen molar-refractivity contribution in [3.05, 3.63) is 28.8 Å². The Kier molecular flexibility index (Phi) is 3.87. The van der Waals surface area contributed by atoms with Crippen molar-refractivity contribution in [3.63, 3.8) is 0 Å². The van der Waals surface area contributed by atoms with Gasteiger partial charge in [-0.05, 0) is 56.8 Å². The Bertz CT molecular complexity index is 523. The van der Waals surface area contributed by atoms with Crippen LogP contribution in [-0.4, -0.2) is 30.6 Å². The first kappa shape index (κ1) is 13.7. The lowest BCUT2D eigenvalue weighted by molar-refractivity contribution is 0.139. The topological polar surface area (TPSA) is 39.1 Å². The van der Waals surface area contributed by atoms with Crippen LogP contribution in [0.25, 0.3) is 0 Å². The summed E-state index contributed by atoms with van der Waals surface area (Å²) in [6, 6.07) is 9.13. The molecule has 2 fully saturated rings.